The SMILES string of the molecule is COc1ccc(/C=C(\c2ccccc2)c2cc(=O)c3ccccc3o2)cc1. The maximum atomic E-state index is 12.6. The van der Waals surface area contributed by atoms with Crippen LogP contribution in [0.25, 0.3) is 22.6 Å². The molecule has 0 bridgehead atoms. The Hall–Kier alpha value is -3.59. The van der Waals surface area contributed by atoms with Crippen LogP contribution in [0.4, 0.5) is 0 Å². The van der Waals surface area contributed by atoms with Crippen molar-refractivity contribution in [2.24, 2.45) is 0 Å². The highest BCUT2D eigenvalue weighted by Gasteiger charge is 2.11. The van der Waals surface area contributed by atoms with Crippen molar-refractivity contribution >= 4 is 22.6 Å². The quantitative estimate of drug-likeness (QED) is 0.461. The van der Waals surface area contributed by atoms with Crippen molar-refractivity contribution in [3.05, 3.63) is 112 Å². The third-order valence-corrected chi connectivity index (χ3v) is 4.41. The molecule has 4 aromatic rings. The summed E-state index contributed by atoms with van der Waals surface area (Å²) in [5.74, 6) is 1.34. The summed E-state index contributed by atoms with van der Waals surface area (Å²) >= 11 is 0. The van der Waals surface area contributed by atoms with E-state index in [1.54, 1.807) is 19.2 Å². The maximum Gasteiger partial charge on any atom is 0.193 e. The average Bonchev–Trinajstić information content (AvgIpc) is 2.73. The molecular weight excluding hydrogens is 336 g/mol. The Morgan fingerprint density at radius 1 is 0.889 bits per heavy atom. The molecule has 1 aromatic heterocycles. The number of rotatable bonds is 4. The molecule has 27 heavy (non-hydrogen) atoms. The lowest BCUT2D eigenvalue weighted by Crippen LogP contribution is -2.02. The number of benzene rings is 3. The molecule has 0 fully saturated rings. The maximum absolute atomic E-state index is 12.6. The molecule has 0 aliphatic carbocycles. The van der Waals surface area contributed by atoms with Crippen LogP contribution in [0.3, 0.4) is 0 Å². The van der Waals surface area contributed by atoms with Gasteiger partial charge in [-0.25, -0.2) is 0 Å². The van der Waals surface area contributed by atoms with Gasteiger partial charge in [0.05, 0.1) is 12.5 Å². The summed E-state index contributed by atoms with van der Waals surface area (Å²) in [4.78, 5) is 12.6. The third kappa shape index (κ3) is 3.53. The average molecular weight is 354 g/mol. The van der Waals surface area contributed by atoms with E-state index in [0.29, 0.717) is 16.7 Å². The van der Waals surface area contributed by atoms with Crippen LogP contribution in [0.5, 0.6) is 5.75 Å². The van der Waals surface area contributed by atoms with Gasteiger partial charge in [-0.05, 0) is 41.5 Å². The van der Waals surface area contributed by atoms with Gasteiger partial charge in [0, 0.05) is 11.6 Å². The minimum absolute atomic E-state index is 0.0524. The molecule has 0 N–H and O–H groups in total. The van der Waals surface area contributed by atoms with Gasteiger partial charge in [-0.3, -0.25) is 4.79 Å². The van der Waals surface area contributed by atoms with Crippen LogP contribution in [0.2, 0.25) is 0 Å². The number of methoxy groups -OCH3 is 1. The van der Waals surface area contributed by atoms with Crippen LogP contribution in [0, 0.1) is 0 Å². The van der Waals surface area contributed by atoms with Crippen LogP contribution >= 0.6 is 0 Å². The Morgan fingerprint density at radius 3 is 2.33 bits per heavy atom. The van der Waals surface area contributed by atoms with Crippen LogP contribution in [0.1, 0.15) is 16.9 Å². The number of hydrogen-bond acceptors (Lipinski definition) is 3. The van der Waals surface area contributed by atoms with E-state index >= 15 is 0 Å². The molecule has 4 rings (SSSR count). The largest absolute Gasteiger partial charge is 0.497 e. The van der Waals surface area contributed by atoms with E-state index in [9.17, 15) is 4.79 Å². The zero-order valence-electron chi connectivity index (χ0n) is 14.9. The van der Waals surface area contributed by atoms with E-state index in [-0.39, 0.29) is 5.43 Å². The normalized spacial score (nSPS) is 11.5. The second-order valence-electron chi connectivity index (χ2n) is 6.17. The second kappa shape index (κ2) is 7.34. The summed E-state index contributed by atoms with van der Waals surface area (Å²) in [5, 5.41) is 0.582. The zero-order valence-corrected chi connectivity index (χ0v) is 14.9. The van der Waals surface area contributed by atoms with Crippen molar-refractivity contribution in [3.8, 4) is 5.75 Å². The van der Waals surface area contributed by atoms with Crippen molar-refractivity contribution < 1.29 is 9.15 Å². The number of hydrogen-bond donors (Lipinski definition) is 0. The summed E-state index contributed by atoms with van der Waals surface area (Å²) in [6, 6.07) is 26.5. The van der Waals surface area contributed by atoms with Crippen molar-refractivity contribution in [1.82, 2.24) is 0 Å². The highest BCUT2D eigenvalue weighted by molar-refractivity contribution is 5.91. The van der Waals surface area contributed by atoms with Crippen LogP contribution < -0.4 is 10.2 Å². The fourth-order valence-corrected chi connectivity index (χ4v) is 3.02. The standard InChI is InChI=1S/C24H18O3/c1-26-19-13-11-17(12-14-19)15-21(18-7-3-2-4-8-18)24-16-22(25)20-9-5-6-10-23(20)27-24/h2-16H,1H3/b21-15+. The summed E-state index contributed by atoms with van der Waals surface area (Å²) in [5.41, 5.74) is 3.35. The molecular formula is C24H18O3. The van der Waals surface area contributed by atoms with Gasteiger partial charge in [-0.2, -0.15) is 0 Å². The molecule has 0 saturated heterocycles. The number of ether oxygens (including phenoxy) is 1. The molecule has 0 amide bonds. The van der Waals surface area contributed by atoms with E-state index < -0.39 is 0 Å². The molecule has 3 aromatic carbocycles. The zero-order chi connectivity index (χ0) is 18.6. The van der Waals surface area contributed by atoms with Gasteiger partial charge < -0.3 is 9.15 Å². The van der Waals surface area contributed by atoms with E-state index in [0.717, 1.165) is 22.4 Å². The van der Waals surface area contributed by atoms with Crippen LogP contribution in [0.15, 0.2) is 94.1 Å². The fraction of sp³-hybridized carbons (Fsp3) is 0.0417. The van der Waals surface area contributed by atoms with Crippen molar-refractivity contribution in [2.45, 2.75) is 0 Å². The molecule has 0 aliphatic heterocycles. The molecule has 0 radical (unpaired) electrons. The highest BCUT2D eigenvalue weighted by atomic mass is 16.5. The molecule has 0 atom stereocenters. The predicted octanol–water partition coefficient (Wildman–Crippen LogP) is 5.39. The molecule has 0 saturated carbocycles. The van der Waals surface area contributed by atoms with Crippen molar-refractivity contribution in [1.29, 1.82) is 0 Å². The van der Waals surface area contributed by atoms with Gasteiger partial charge in [0.25, 0.3) is 0 Å². The molecule has 3 nitrogen and oxygen atoms in total. The molecule has 0 spiro atoms. The van der Waals surface area contributed by atoms with Crippen LogP contribution in [-0.4, -0.2) is 7.11 Å². The monoisotopic (exact) mass is 354 g/mol. The lowest BCUT2D eigenvalue weighted by atomic mass is 9.99. The Bertz CT molecular complexity index is 1150. The van der Waals surface area contributed by atoms with Gasteiger partial charge in [0.1, 0.15) is 17.1 Å². The molecule has 3 heteroatoms. The fourth-order valence-electron chi connectivity index (χ4n) is 3.02. The minimum Gasteiger partial charge on any atom is -0.497 e. The first-order valence-electron chi connectivity index (χ1n) is 8.69. The van der Waals surface area contributed by atoms with Gasteiger partial charge in [-0.1, -0.05) is 54.6 Å². The topological polar surface area (TPSA) is 39.4 Å². The molecule has 1 heterocycles. The van der Waals surface area contributed by atoms with Crippen LogP contribution in [-0.2, 0) is 0 Å². The summed E-state index contributed by atoms with van der Waals surface area (Å²) in [6.45, 7) is 0. The Labute approximate surface area is 157 Å². The van der Waals surface area contributed by atoms with Crippen molar-refractivity contribution in [3.63, 3.8) is 0 Å². The first-order chi connectivity index (χ1) is 13.2. The van der Waals surface area contributed by atoms with E-state index in [2.05, 4.69) is 0 Å². The Kier molecular flexibility index (Phi) is 4.58. The second-order valence-corrected chi connectivity index (χ2v) is 6.17. The Balaban J connectivity index is 1.90. The van der Waals surface area contributed by atoms with Gasteiger partial charge in [-0.15, -0.1) is 0 Å². The van der Waals surface area contributed by atoms with Gasteiger partial charge in [0.2, 0.25) is 0 Å². The van der Waals surface area contributed by atoms with Gasteiger partial charge >= 0.3 is 0 Å². The number of para-hydroxylation sites is 1. The third-order valence-electron chi connectivity index (χ3n) is 4.41. The first kappa shape index (κ1) is 16.9. The molecule has 132 valence electrons. The smallest absolute Gasteiger partial charge is 0.193 e. The lowest BCUT2D eigenvalue weighted by molar-refractivity contribution is 0.415. The first-order valence-corrected chi connectivity index (χ1v) is 8.69. The van der Waals surface area contributed by atoms with Crippen molar-refractivity contribution in [2.75, 3.05) is 7.11 Å². The Morgan fingerprint density at radius 2 is 1.59 bits per heavy atom. The van der Waals surface area contributed by atoms with Gasteiger partial charge in [0.15, 0.2) is 5.43 Å². The summed E-state index contributed by atoms with van der Waals surface area (Å²) in [7, 11) is 1.64. The van der Waals surface area contributed by atoms with E-state index in [1.165, 1.54) is 0 Å². The highest BCUT2D eigenvalue weighted by Crippen LogP contribution is 2.28. The summed E-state index contributed by atoms with van der Waals surface area (Å²) in [6.07, 6.45) is 2.02. The van der Waals surface area contributed by atoms with E-state index in [4.69, 9.17) is 9.15 Å². The van der Waals surface area contributed by atoms with E-state index in [1.807, 2.05) is 78.9 Å². The minimum atomic E-state index is -0.0524. The molecule has 0 unspecified atom stereocenters. The number of fused-ring (bicyclic) bond motifs is 1. The summed E-state index contributed by atoms with van der Waals surface area (Å²) < 4.78 is 11.3. The lowest BCUT2D eigenvalue weighted by Gasteiger charge is -2.09. The molecule has 0 aliphatic rings. The predicted molar refractivity (Wildman–Crippen MR) is 109 cm³/mol.